The van der Waals surface area contributed by atoms with Gasteiger partial charge in [0.25, 0.3) is 0 Å². The molecule has 4 atom stereocenters. The number of phosphoric acid groups is 1. The molecule has 12 nitrogen and oxygen atoms in total. The van der Waals surface area contributed by atoms with Crippen molar-refractivity contribution in [2.75, 3.05) is 6.61 Å². The molecule has 0 aromatic heterocycles. The number of aliphatic hydroxyl groups excluding tert-OH is 5. The second-order valence-electron chi connectivity index (χ2n) is 4.11. The van der Waals surface area contributed by atoms with Crippen LogP contribution in [0.5, 0.6) is 0 Å². The first-order valence-electron chi connectivity index (χ1n) is 5.58. The minimum Gasteiger partial charge on any atom is -0.394 e. The van der Waals surface area contributed by atoms with Crippen molar-refractivity contribution in [1.82, 2.24) is 0 Å². The van der Waals surface area contributed by atoms with E-state index in [1.165, 1.54) is 0 Å². The van der Waals surface area contributed by atoms with Crippen LogP contribution in [0.15, 0.2) is 0 Å². The van der Waals surface area contributed by atoms with Crippen LogP contribution in [0.25, 0.3) is 0 Å². The summed E-state index contributed by atoms with van der Waals surface area (Å²) in [5.74, 6) is -5.22. The normalized spacial score (nSPS) is 17.2. The van der Waals surface area contributed by atoms with Gasteiger partial charge in [0.05, 0.1) is 13.0 Å². The zero-order valence-electron chi connectivity index (χ0n) is 10.8. The van der Waals surface area contributed by atoms with Crippen LogP contribution in [-0.2, 0) is 23.5 Å². The molecule has 0 amide bonds. The molecule has 0 aromatic carbocycles. The summed E-state index contributed by atoms with van der Waals surface area (Å²) in [4.78, 5) is 50.0. The van der Waals surface area contributed by atoms with E-state index in [1.54, 1.807) is 0 Å². The molecule has 0 aliphatic rings. The van der Waals surface area contributed by atoms with Gasteiger partial charge in [0.2, 0.25) is 5.78 Å². The Labute approximate surface area is 122 Å². The summed E-state index contributed by atoms with van der Waals surface area (Å²) in [5.41, 5.74) is 0. The van der Waals surface area contributed by atoms with Crippen molar-refractivity contribution in [3.63, 3.8) is 0 Å². The Morgan fingerprint density at radius 2 is 1.50 bits per heavy atom. The first-order chi connectivity index (χ1) is 9.90. The minimum absolute atomic E-state index is 0.993. The second kappa shape index (κ2) is 8.41. The number of carbonyl (C=O) groups excluding carboxylic acids is 3. The van der Waals surface area contributed by atoms with E-state index in [4.69, 9.17) is 20.0 Å². The number of ketones is 2. The third kappa shape index (κ3) is 6.68. The lowest BCUT2D eigenvalue weighted by Gasteiger charge is -2.24. The Hall–Kier alpha value is -1.24. The highest BCUT2D eigenvalue weighted by Crippen LogP contribution is 2.35. The van der Waals surface area contributed by atoms with Gasteiger partial charge in [-0.25, -0.2) is 9.36 Å². The van der Waals surface area contributed by atoms with Gasteiger partial charge in [0.15, 0.2) is 5.78 Å². The molecule has 13 heteroatoms. The molecule has 0 rings (SSSR count). The van der Waals surface area contributed by atoms with E-state index < -0.39 is 62.8 Å². The summed E-state index contributed by atoms with van der Waals surface area (Å²) in [6.07, 6.45) is -10.1. The predicted molar refractivity (Wildman–Crippen MR) is 63.9 cm³/mol. The molecule has 0 aromatic rings. The van der Waals surface area contributed by atoms with Crippen molar-refractivity contribution in [2.24, 2.45) is 0 Å². The molecule has 0 saturated carbocycles. The van der Waals surface area contributed by atoms with Crippen LogP contribution >= 0.6 is 7.82 Å². The summed E-state index contributed by atoms with van der Waals surface area (Å²) in [7, 11) is -5.29. The number of rotatable bonds is 9. The highest BCUT2D eigenvalue weighted by molar-refractivity contribution is 7.47. The van der Waals surface area contributed by atoms with E-state index in [0.717, 1.165) is 0 Å². The number of aliphatic hydroxyl groups is 5. The molecule has 0 aliphatic heterocycles. The van der Waals surface area contributed by atoms with Crippen LogP contribution < -0.4 is 0 Å². The van der Waals surface area contributed by atoms with Crippen LogP contribution in [0.1, 0.15) is 6.42 Å². The van der Waals surface area contributed by atoms with E-state index in [0.29, 0.717) is 0 Å². The highest BCUT2D eigenvalue weighted by atomic mass is 31.2. The Balaban J connectivity index is 4.68. The van der Waals surface area contributed by atoms with Gasteiger partial charge in [-0.15, -0.1) is 0 Å². The number of hydrogen-bond donors (Lipinski definition) is 7. The van der Waals surface area contributed by atoms with Gasteiger partial charge >= 0.3 is 13.8 Å². The van der Waals surface area contributed by atoms with Crippen molar-refractivity contribution in [3.8, 4) is 0 Å². The molecular weight excluding hydrogens is 331 g/mol. The first-order valence-corrected chi connectivity index (χ1v) is 7.11. The van der Waals surface area contributed by atoms with Crippen molar-refractivity contribution in [3.05, 3.63) is 0 Å². The third-order valence-corrected chi connectivity index (χ3v) is 2.75. The van der Waals surface area contributed by atoms with Crippen LogP contribution in [0.2, 0.25) is 0 Å². The smallest absolute Gasteiger partial charge is 0.394 e. The van der Waals surface area contributed by atoms with Crippen molar-refractivity contribution < 1.29 is 58.8 Å². The number of phosphoric ester groups is 1. The zero-order valence-corrected chi connectivity index (χ0v) is 11.7. The van der Waals surface area contributed by atoms with Gasteiger partial charge in [-0.1, -0.05) is 0 Å². The molecular formula is C9H15O12P. The fraction of sp³-hybridized carbons (Fsp3) is 0.667. The predicted octanol–water partition coefficient (Wildman–Crippen LogP) is -4.41. The summed E-state index contributed by atoms with van der Waals surface area (Å²) in [6.45, 7) is -0.993. The summed E-state index contributed by atoms with van der Waals surface area (Å²) in [5, 5.41) is 45.5. The third-order valence-electron chi connectivity index (χ3n) is 2.35. The van der Waals surface area contributed by atoms with Gasteiger partial charge in [0, 0.05) is 0 Å². The molecule has 0 bridgehead atoms. The minimum atomic E-state index is -5.29. The molecule has 128 valence electrons. The standard InChI is InChI=1S/C9H15O12P/c10-2-5(13)7(15)8(16)6(14)3(11)1-4(12)9(17)21-22(18,19)20/h5-8,10,13-16H,1-2H2,(H2,18,19,20)/t5-,6+,7-,8-/m1/s1. The maximum atomic E-state index is 11.4. The fourth-order valence-electron chi connectivity index (χ4n) is 1.21. The van der Waals surface area contributed by atoms with E-state index >= 15 is 0 Å². The average Bonchev–Trinajstić information content (AvgIpc) is 2.41. The molecule has 0 radical (unpaired) electrons. The van der Waals surface area contributed by atoms with Crippen molar-refractivity contribution >= 4 is 25.4 Å². The largest absolute Gasteiger partial charge is 0.527 e. The molecule has 0 heterocycles. The number of Topliss-reactive ketones (excluding diaryl/α,β-unsaturated/α-hetero) is 2. The lowest BCUT2D eigenvalue weighted by Crippen LogP contribution is -2.49. The van der Waals surface area contributed by atoms with Crippen LogP contribution in [-0.4, -0.2) is 83.9 Å². The second-order valence-corrected chi connectivity index (χ2v) is 5.28. The fourth-order valence-corrected chi connectivity index (χ4v) is 1.52. The Kier molecular flexibility index (Phi) is 7.93. The lowest BCUT2D eigenvalue weighted by molar-refractivity contribution is -0.154. The maximum Gasteiger partial charge on any atom is 0.527 e. The molecule has 0 aliphatic carbocycles. The summed E-state index contributed by atoms with van der Waals surface area (Å²) < 4.78 is 13.7. The van der Waals surface area contributed by atoms with Crippen LogP contribution in [0, 0.1) is 0 Å². The van der Waals surface area contributed by atoms with E-state index in [2.05, 4.69) is 4.52 Å². The van der Waals surface area contributed by atoms with Crippen LogP contribution in [0.4, 0.5) is 0 Å². The molecule has 0 unspecified atom stereocenters. The highest BCUT2D eigenvalue weighted by Gasteiger charge is 2.36. The Morgan fingerprint density at radius 1 is 1.00 bits per heavy atom. The zero-order chi connectivity index (χ0) is 17.7. The van der Waals surface area contributed by atoms with Gasteiger partial charge in [0.1, 0.15) is 24.4 Å². The van der Waals surface area contributed by atoms with E-state index in [1.807, 2.05) is 0 Å². The topological polar surface area (TPSA) is 219 Å². The summed E-state index contributed by atoms with van der Waals surface area (Å²) in [6, 6.07) is 0. The number of hydrogen-bond acceptors (Lipinski definition) is 10. The molecule has 7 N–H and O–H groups in total. The SMILES string of the molecule is O=C(CC(=O)[C@H](O)[C@@H](O)[C@H](O)[C@H](O)CO)C(=O)OP(=O)(O)O. The van der Waals surface area contributed by atoms with E-state index in [9.17, 15) is 34.3 Å². The van der Waals surface area contributed by atoms with Crippen molar-refractivity contribution in [1.29, 1.82) is 0 Å². The van der Waals surface area contributed by atoms with Crippen molar-refractivity contribution in [2.45, 2.75) is 30.8 Å². The quantitative estimate of drug-likeness (QED) is 0.119. The van der Waals surface area contributed by atoms with Gasteiger partial charge < -0.3 is 30.1 Å². The molecule has 0 spiro atoms. The summed E-state index contributed by atoms with van der Waals surface area (Å²) >= 11 is 0. The Morgan fingerprint density at radius 3 is 1.91 bits per heavy atom. The first kappa shape index (κ1) is 20.8. The monoisotopic (exact) mass is 346 g/mol. The Bertz CT molecular complexity index is 469. The maximum absolute atomic E-state index is 11.4. The van der Waals surface area contributed by atoms with Gasteiger partial charge in [-0.05, 0) is 0 Å². The van der Waals surface area contributed by atoms with Crippen LogP contribution in [0.3, 0.4) is 0 Å². The van der Waals surface area contributed by atoms with Gasteiger partial charge in [-0.2, -0.15) is 0 Å². The number of carbonyl (C=O) groups is 3. The lowest BCUT2D eigenvalue weighted by atomic mass is 9.98. The average molecular weight is 346 g/mol. The molecule has 0 fully saturated rings. The molecule has 22 heavy (non-hydrogen) atoms. The van der Waals surface area contributed by atoms with E-state index in [-0.39, 0.29) is 0 Å². The molecule has 0 saturated heterocycles. The van der Waals surface area contributed by atoms with Gasteiger partial charge in [-0.3, -0.25) is 19.4 Å².